The number of carbonyl (C=O) groups is 3. The average Bonchev–Trinajstić information content (AvgIpc) is 3.79. The van der Waals surface area contributed by atoms with Crippen LogP contribution in [0, 0.1) is 5.82 Å². The van der Waals surface area contributed by atoms with Crippen molar-refractivity contribution in [2.24, 2.45) is 5.73 Å². The minimum absolute atomic E-state index is 0.0181. The Morgan fingerprint density at radius 2 is 1.80 bits per heavy atom. The first-order valence-electron chi connectivity index (χ1n) is 13.9. The third-order valence-electron chi connectivity index (χ3n) is 7.28. The summed E-state index contributed by atoms with van der Waals surface area (Å²) in [4.78, 5) is 44.4. The molecule has 1 fully saturated rings. The molecule has 0 bridgehead atoms. The van der Waals surface area contributed by atoms with E-state index in [1.54, 1.807) is 73.1 Å². The van der Waals surface area contributed by atoms with Crippen molar-refractivity contribution in [2.75, 3.05) is 17.2 Å². The predicted octanol–water partition coefficient (Wildman–Crippen LogP) is 5.36. The quantitative estimate of drug-likeness (QED) is 0.194. The van der Waals surface area contributed by atoms with E-state index >= 15 is 4.39 Å². The molecule has 44 heavy (non-hydrogen) atoms. The normalized spacial score (nSPS) is 12.6. The molecule has 0 atom stereocenters. The predicted molar refractivity (Wildman–Crippen MR) is 166 cm³/mol. The van der Waals surface area contributed by atoms with Crippen molar-refractivity contribution in [2.45, 2.75) is 25.4 Å². The van der Waals surface area contributed by atoms with E-state index in [9.17, 15) is 14.4 Å². The molecule has 1 saturated carbocycles. The lowest BCUT2D eigenvalue weighted by Gasteiger charge is -2.22. The molecule has 0 unspecified atom stereocenters. The van der Waals surface area contributed by atoms with Gasteiger partial charge < -0.3 is 21.3 Å². The van der Waals surface area contributed by atoms with Gasteiger partial charge in [0.15, 0.2) is 11.5 Å². The van der Waals surface area contributed by atoms with Gasteiger partial charge in [0.2, 0.25) is 11.8 Å². The minimum Gasteiger partial charge on any atom is -0.364 e. The summed E-state index contributed by atoms with van der Waals surface area (Å²) in [6.45, 7) is -0.500. The number of anilines is 3. The molecule has 0 spiro atoms. The largest absolute Gasteiger partial charge is 0.364 e. The van der Waals surface area contributed by atoms with Gasteiger partial charge in [-0.05, 0) is 55.3 Å². The Balaban J connectivity index is 1.19. The molecule has 5 aromatic rings. The number of benzene rings is 3. The molecular weight excluding hydrogens is 585 g/mol. The first kappa shape index (κ1) is 28.8. The first-order valence-corrected chi connectivity index (χ1v) is 14.3. The van der Waals surface area contributed by atoms with Gasteiger partial charge in [0.25, 0.3) is 5.91 Å². The number of nitrogens with zero attached hydrogens (tertiary/aromatic N) is 4. The third-order valence-corrected chi connectivity index (χ3v) is 7.61. The second-order valence-corrected chi connectivity index (χ2v) is 10.8. The smallest absolute Gasteiger partial charge is 0.269 e. The van der Waals surface area contributed by atoms with Gasteiger partial charge in [-0.3, -0.25) is 24.0 Å². The van der Waals surface area contributed by atoms with E-state index in [1.165, 1.54) is 15.6 Å². The van der Waals surface area contributed by atoms with Crippen molar-refractivity contribution in [1.29, 1.82) is 0 Å². The number of primary amides is 1. The molecule has 0 aliphatic heterocycles. The van der Waals surface area contributed by atoms with Crippen molar-refractivity contribution in [3.05, 3.63) is 102 Å². The maximum Gasteiger partial charge on any atom is 0.269 e. The molecule has 2 aromatic heterocycles. The van der Waals surface area contributed by atoms with Gasteiger partial charge in [-0.1, -0.05) is 41.9 Å². The minimum atomic E-state index is -0.737. The summed E-state index contributed by atoms with van der Waals surface area (Å²) in [6.07, 6.45) is 4.80. The SMILES string of the molecule is NC(=O)c1nn(CC(=O)N(CC(=O)Nc2cccc(-c3ccccc3Cl)c2F)C2CC2)c2ccc(Nc3cccnc3)cc12. The number of carbonyl (C=O) groups excluding carboxylic acids is 3. The summed E-state index contributed by atoms with van der Waals surface area (Å²) >= 11 is 6.26. The van der Waals surface area contributed by atoms with E-state index in [0.29, 0.717) is 27.2 Å². The fourth-order valence-corrected chi connectivity index (χ4v) is 5.29. The van der Waals surface area contributed by atoms with Crippen molar-refractivity contribution in [3.8, 4) is 11.1 Å². The molecule has 0 saturated heterocycles. The topological polar surface area (TPSA) is 135 Å². The molecule has 4 N–H and O–H groups in total. The molecule has 0 radical (unpaired) electrons. The van der Waals surface area contributed by atoms with Crippen molar-refractivity contribution >= 4 is 57.3 Å². The van der Waals surface area contributed by atoms with E-state index in [0.717, 1.165) is 18.5 Å². The number of fused-ring (bicyclic) bond motifs is 1. The number of pyridine rings is 1. The number of rotatable bonds is 10. The molecule has 1 aliphatic rings. The van der Waals surface area contributed by atoms with Gasteiger partial charge in [0.1, 0.15) is 13.1 Å². The summed E-state index contributed by atoms with van der Waals surface area (Å²) in [5.41, 5.74) is 8.34. The fourth-order valence-electron chi connectivity index (χ4n) is 5.05. The summed E-state index contributed by atoms with van der Waals surface area (Å²) in [6, 6.07) is 20.3. The van der Waals surface area contributed by atoms with Crippen LogP contribution in [0.3, 0.4) is 0 Å². The van der Waals surface area contributed by atoms with Gasteiger partial charge in [0.05, 0.1) is 23.1 Å². The van der Waals surface area contributed by atoms with Gasteiger partial charge >= 0.3 is 0 Å². The second kappa shape index (κ2) is 12.1. The van der Waals surface area contributed by atoms with Crippen LogP contribution in [0.25, 0.3) is 22.0 Å². The van der Waals surface area contributed by atoms with Crippen LogP contribution >= 0.6 is 11.6 Å². The average molecular weight is 612 g/mol. The van der Waals surface area contributed by atoms with E-state index < -0.39 is 17.6 Å². The van der Waals surface area contributed by atoms with Gasteiger partial charge in [0, 0.05) is 39.5 Å². The summed E-state index contributed by atoms with van der Waals surface area (Å²) in [5.74, 6) is -2.28. The van der Waals surface area contributed by atoms with Crippen LogP contribution in [0.15, 0.2) is 85.2 Å². The fraction of sp³-hybridized carbons (Fsp3) is 0.156. The number of nitrogens with one attached hydrogen (secondary N) is 2. The van der Waals surface area contributed by atoms with Gasteiger partial charge in [-0.15, -0.1) is 0 Å². The van der Waals surface area contributed by atoms with Crippen LogP contribution in [-0.2, 0) is 16.1 Å². The maximum atomic E-state index is 15.4. The van der Waals surface area contributed by atoms with E-state index in [4.69, 9.17) is 17.3 Å². The zero-order chi connectivity index (χ0) is 30.8. The van der Waals surface area contributed by atoms with Crippen LogP contribution in [-0.4, -0.2) is 50.0 Å². The van der Waals surface area contributed by atoms with Crippen molar-refractivity contribution < 1.29 is 18.8 Å². The summed E-state index contributed by atoms with van der Waals surface area (Å²) < 4.78 is 16.8. The Morgan fingerprint density at radius 1 is 1.00 bits per heavy atom. The standard InChI is InChI=1S/C32H27ClFN7O3/c33-25-8-2-1-6-22(25)23-7-3-9-26(30(23)34)38-28(42)17-40(21-11-12-21)29(43)18-41-27-13-10-19(37-20-5-4-14-36-16-20)15-24(27)31(39-41)32(35)44/h1-10,13-16,21,37H,11-12,17-18H2,(H2,35,44)(H,38,42). The monoisotopic (exact) mass is 611 g/mol. The molecule has 3 aromatic carbocycles. The molecule has 12 heteroatoms. The molecule has 2 heterocycles. The number of aromatic nitrogens is 3. The molecular formula is C32H27ClFN7O3. The number of halogens is 2. The Hall–Kier alpha value is -5.29. The van der Waals surface area contributed by atoms with Crippen LogP contribution in [0.4, 0.5) is 21.5 Å². The zero-order valence-corrected chi connectivity index (χ0v) is 24.1. The van der Waals surface area contributed by atoms with Crippen LogP contribution in [0.5, 0.6) is 0 Å². The zero-order valence-electron chi connectivity index (χ0n) is 23.3. The highest BCUT2D eigenvalue weighted by molar-refractivity contribution is 6.33. The first-order chi connectivity index (χ1) is 21.3. The van der Waals surface area contributed by atoms with Crippen molar-refractivity contribution in [3.63, 3.8) is 0 Å². The van der Waals surface area contributed by atoms with E-state index in [2.05, 4.69) is 20.7 Å². The summed E-state index contributed by atoms with van der Waals surface area (Å²) in [7, 11) is 0. The van der Waals surface area contributed by atoms with Gasteiger partial charge in [-0.25, -0.2) is 4.39 Å². The second-order valence-electron chi connectivity index (χ2n) is 10.4. The van der Waals surface area contributed by atoms with E-state index in [-0.39, 0.29) is 42.0 Å². The lowest BCUT2D eigenvalue weighted by molar-refractivity contribution is -0.135. The molecule has 1 aliphatic carbocycles. The highest BCUT2D eigenvalue weighted by atomic mass is 35.5. The third kappa shape index (κ3) is 6.09. The van der Waals surface area contributed by atoms with Crippen molar-refractivity contribution in [1.82, 2.24) is 19.7 Å². The van der Waals surface area contributed by atoms with Gasteiger partial charge in [-0.2, -0.15) is 5.10 Å². The van der Waals surface area contributed by atoms with Crippen LogP contribution < -0.4 is 16.4 Å². The maximum absolute atomic E-state index is 15.4. The lowest BCUT2D eigenvalue weighted by atomic mass is 10.0. The number of hydrogen-bond donors (Lipinski definition) is 3. The van der Waals surface area contributed by atoms with Crippen LogP contribution in [0.2, 0.25) is 5.02 Å². The number of amides is 3. The molecule has 3 amide bonds. The highest BCUT2D eigenvalue weighted by Gasteiger charge is 2.34. The van der Waals surface area contributed by atoms with Crippen LogP contribution in [0.1, 0.15) is 23.3 Å². The highest BCUT2D eigenvalue weighted by Crippen LogP contribution is 2.33. The number of hydrogen-bond acceptors (Lipinski definition) is 6. The Morgan fingerprint density at radius 3 is 2.52 bits per heavy atom. The molecule has 6 rings (SSSR count). The Bertz CT molecular complexity index is 1890. The molecule has 222 valence electrons. The summed E-state index contributed by atoms with van der Waals surface area (Å²) in [5, 5.41) is 11.0. The Labute approximate surface area is 256 Å². The van der Waals surface area contributed by atoms with E-state index in [1.807, 2.05) is 6.07 Å². The lowest BCUT2D eigenvalue weighted by Crippen LogP contribution is -2.41. The molecule has 10 nitrogen and oxygen atoms in total. The number of nitrogens with two attached hydrogens (primary N) is 1. The Kier molecular flexibility index (Phi) is 7.95.